The van der Waals surface area contributed by atoms with Gasteiger partial charge in [0.25, 0.3) is 0 Å². The molecule has 3 nitrogen and oxygen atoms in total. The van der Waals surface area contributed by atoms with Gasteiger partial charge in [-0.1, -0.05) is 48.5 Å². The van der Waals surface area contributed by atoms with Crippen molar-refractivity contribution >= 4 is 11.7 Å². The summed E-state index contributed by atoms with van der Waals surface area (Å²) in [4.78, 5) is 14.2. The van der Waals surface area contributed by atoms with E-state index in [9.17, 15) is 4.79 Å². The second-order valence-electron chi connectivity index (χ2n) is 5.35. The Hall–Kier alpha value is -2.29. The van der Waals surface area contributed by atoms with Crippen molar-refractivity contribution < 1.29 is 9.53 Å². The highest BCUT2D eigenvalue weighted by atomic mass is 16.5. The second kappa shape index (κ2) is 4.37. The Morgan fingerprint density at radius 3 is 2.65 bits per heavy atom. The van der Waals surface area contributed by atoms with Crippen LogP contribution in [0, 0.1) is 0 Å². The molecule has 100 valence electrons. The molecule has 4 rings (SSSR count). The van der Waals surface area contributed by atoms with E-state index in [-0.39, 0.29) is 17.9 Å². The van der Waals surface area contributed by atoms with Gasteiger partial charge in [0, 0.05) is 12.2 Å². The minimum atomic E-state index is -0.160. The molecule has 0 bridgehead atoms. The predicted molar refractivity (Wildman–Crippen MR) is 76.6 cm³/mol. The number of benzene rings is 2. The minimum absolute atomic E-state index is 0.0952. The summed E-state index contributed by atoms with van der Waals surface area (Å²) in [7, 11) is 0. The smallest absolute Gasteiger partial charge is 0.329 e. The molecule has 1 fully saturated rings. The molecule has 0 N–H and O–H groups in total. The van der Waals surface area contributed by atoms with Crippen LogP contribution < -0.4 is 4.90 Å². The Morgan fingerprint density at radius 2 is 1.80 bits per heavy atom. The fourth-order valence-electron chi connectivity index (χ4n) is 3.29. The quantitative estimate of drug-likeness (QED) is 0.782. The van der Waals surface area contributed by atoms with Gasteiger partial charge >= 0.3 is 5.97 Å². The Bertz CT molecular complexity index is 653. The lowest BCUT2D eigenvalue weighted by Crippen LogP contribution is -2.36. The molecular weight excluding hydrogens is 250 g/mol. The van der Waals surface area contributed by atoms with Crippen molar-refractivity contribution in [2.45, 2.75) is 18.5 Å². The topological polar surface area (TPSA) is 29.5 Å². The second-order valence-corrected chi connectivity index (χ2v) is 5.35. The summed E-state index contributed by atoms with van der Waals surface area (Å²) in [6, 6.07) is 18.4. The first kappa shape index (κ1) is 11.5. The Kier molecular flexibility index (Phi) is 2.52. The maximum Gasteiger partial charge on any atom is 0.329 e. The molecule has 0 aromatic heterocycles. The Morgan fingerprint density at radius 1 is 1.05 bits per heavy atom. The van der Waals surface area contributed by atoms with E-state index in [1.807, 2.05) is 30.3 Å². The van der Waals surface area contributed by atoms with Crippen LogP contribution in [0.1, 0.15) is 17.0 Å². The molecule has 0 aliphatic carbocycles. The van der Waals surface area contributed by atoms with Crippen molar-refractivity contribution in [1.29, 1.82) is 0 Å². The largest absolute Gasteiger partial charge is 0.463 e. The summed E-state index contributed by atoms with van der Waals surface area (Å²) in [5.74, 6) is 0.0875. The zero-order valence-electron chi connectivity index (χ0n) is 11.0. The van der Waals surface area contributed by atoms with Gasteiger partial charge < -0.3 is 9.64 Å². The van der Waals surface area contributed by atoms with Crippen LogP contribution in [0.5, 0.6) is 0 Å². The van der Waals surface area contributed by atoms with E-state index in [0.29, 0.717) is 6.61 Å². The molecule has 2 aromatic rings. The minimum Gasteiger partial charge on any atom is -0.463 e. The summed E-state index contributed by atoms with van der Waals surface area (Å²) in [5, 5.41) is 0. The van der Waals surface area contributed by atoms with E-state index in [1.54, 1.807) is 0 Å². The zero-order chi connectivity index (χ0) is 13.5. The number of fused-ring (bicyclic) bond motifs is 3. The molecule has 1 saturated heterocycles. The summed E-state index contributed by atoms with van der Waals surface area (Å²) < 4.78 is 5.26. The molecular formula is C17H15NO2. The van der Waals surface area contributed by atoms with Gasteiger partial charge in [0.1, 0.15) is 12.6 Å². The van der Waals surface area contributed by atoms with Crippen LogP contribution in [-0.2, 0) is 16.1 Å². The number of cyclic esters (lactones) is 1. The standard InChI is InChI=1S/C17H15NO2/c19-17-16-14(11-20-17)13-8-4-5-9-15(13)18(16)10-12-6-2-1-3-7-12/h1-9,14,16H,10-11H2. The van der Waals surface area contributed by atoms with Crippen molar-refractivity contribution in [2.24, 2.45) is 0 Å². The first-order valence-corrected chi connectivity index (χ1v) is 6.91. The van der Waals surface area contributed by atoms with Gasteiger partial charge in [-0.05, 0) is 17.2 Å². The third kappa shape index (κ3) is 1.63. The molecule has 2 heterocycles. The molecule has 2 aromatic carbocycles. The maximum absolute atomic E-state index is 12.1. The number of carbonyl (C=O) groups is 1. The first-order chi connectivity index (χ1) is 9.84. The van der Waals surface area contributed by atoms with Crippen LogP contribution in [0.15, 0.2) is 54.6 Å². The molecule has 2 unspecified atom stereocenters. The number of rotatable bonds is 2. The molecule has 0 saturated carbocycles. The molecule has 2 atom stereocenters. The lowest BCUT2D eigenvalue weighted by molar-refractivity contribution is -0.139. The van der Waals surface area contributed by atoms with Gasteiger partial charge in [-0.3, -0.25) is 0 Å². The van der Waals surface area contributed by atoms with Gasteiger partial charge in [-0.15, -0.1) is 0 Å². The van der Waals surface area contributed by atoms with Crippen LogP contribution in [0.4, 0.5) is 5.69 Å². The van der Waals surface area contributed by atoms with Crippen molar-refractivity contribution in [3.63, 3.8) is 0 Å². The van der Waals surface area contributed by atoms with E-state index in [1.165, 1.54) is 16.8 Å². The fraction of sp³-hybridized carbons (Fsp3) is 0.235. The molecule has 0 radical (unpaired) electrons. The first-order valence-electron chi connectivity index (χ1n) is 6.91. The molecule has 3 heteroatoms. The van der Waals surface area contributed by atoms with Crippen LogP contribution in [-0.4, -0.2) is 18.6 Å². The summed E-state index contributed by atoms with van der Waals surface area (Å²) >= 11 is 0. The summed E-state index contributed by atoms with van der Waals surface area (Å²) in [6.07, 6.45) is 0. The highest BCUT2D eigenvalue weighted by Crippen LogP contribution is 2.45. The van der Waals surface area contributed by atoms with Gasteiger partial charge in [-0.25, -0.2) is 4.79 Å². The van der Waals surface area contributed by atoms with Crippen molar-refractivity contribution in [3.8, 4) is 0 Å². The average Bonchev–Trinajstić information content (AvgIpc) is 3.01. The number of hydrogen-bond acceptors (Lipinski definition) is 3. The van der Waals surface area contributed by atoms with Crippen LogP contribution in [0.2, 0.25) is 0 Å². The Balaban J connectivity index is 1.75. The highest BCUT2D eigenvalue weighted by Gasteiger charge is 2.48. The summed E-state index contributed by atoms with van der Waals surface area (Å²) in [6.45, 7) is 1.25. The summed E-state index contributed by atoms with van der Waals surface area (Å²) in [5.41, 5.74) is 3.62. The SMILES string of the molecule is O=C1OCC2c3ccccc3N(Cc3ccccc3)C12. The van der Waals surface area contributed by atoms with Crippen LogP contribution in [0.3, 0.4) is 0 Å². The number of hydrogen-bond donors (Lipinski definition) is 0. The van der Waals surface area contributed by atoms with E-state index >= 15 is 0 Å². The number of anilines is 1. The number of para-hydroxylation sites is 1. The van der Waals surface area contributed by atoms with Gasteiger partial charge in [-0.2, -0.15) is 0 Å². The number of esters is 1. The van der Waals surface area contributed by atoms with E-state index in [4.69, 9.17) is 4.74 Å². The third-order valence-electron chi connectivity index (χ3n) is 4.20. The zero-order valence-corrected chi connectivity index (χ0v) is 11.0. The maximum atomic E-state index is 12.1. The van der Waals surface area contributed by atoms with Gasteiger partial charge in [0.15, 0.2) is 0 Å². The molecule has 0 amide bonds. The van der Waals surface area contributed by atoms with Crippen molar-refractivity contribution in [2.75, 3.05) is 11.5 Å². The lowest BCUT2D eigenvalue weighted by Gasteiger charge is -2.24. The average molecular weight is 265 g/mol. The van der Waals surface area contributed by atoms with Gasteiger partial charge in [0.2, 0.25) is 0 Å². The monoisotopic (exact) mass is 265 g/mol. The molecule has 2 aliphatic heterocycles. The molecule has 0 spiro atoms. The third-order valence-corrected chi connectivity index (χ3v) is 4.20. The van der Waals surface area contributed by atoms with Crippen LogP contribution in [0.25, 0.3) is 0 Å². The molecule has 20 heavy (non-hydrogen) atoms. The van der Waals surface area contributed by atoms with Crippen LogP contribution >= 0.6 is 0 Å². The normalized spacial score (nSPS) is 23.4. The fourth-order valence-corrected chi connectivity index (χ4v) is 3.29. The van der Waals surface area contributed by atoms with Crippen molar-refractivity contribution in [1.82, 2.24) is 0 Å². The van der Waals surface area contributed by atoms with Gasteiger partial charge in [0.05, 0.1) is 5.92 Å². The number of ether oxygens (including phenoxy) is 1. The van der Waals surface area contributed by atoms with E-state index < -0.39 is 0 Å². The highest BCUT2D eigenvalue weighted by molar-refractivity contribution is 5.87. The number of nitrogens with zero attached hydrogens (tertiary/aromatic N) is 1. The predicted octanol–water partition coefficient (Wildman–Crippen LogP) is 2.72. The lowest BCUT2D eigenvalue weighted by atomic mass is 9.98. The molecule has 2 aliphatic rings. The Labute approximate surface area is 117 Å². The van der Waals surface area contributed by atoms with E-state index in [0.717, 1.165) is 6.54 Å². The van der Waals surface area contributed by atoms with Crippen molar-refractivity contribution in [3.05, 3.63) is 65.7 Å². The van der Waals surface area contributed by atoms with E-state index in [2.05, 4.69) is 29.2 Å². The number of carbonyl (C=O) groups excluding carboxylic acids is 1.